The number of hydrogen-bond acceptors (Lipinski definition) is 3. The first-order valence-electron chi connectivity index (χ1n) is 5.18. The third kappa shape index (κ3) is 2.42. The van der Waals surface area contributed by atoms with Crippen molar-refractivity contribution in [2.24, 2.45) is 5.41 Å². The molecule has 0 spiro atoms. The molecule has 1 N–H and O–H groups in total. The Balaban J connectivity index is 1.87. The van der Waals surface area contributed by atoms with Gasteiger partial charge in [-0.05, 0) is 24.3 Å². The van der Waals surface area contributed by atoms with Gasteiger partial charge in [-0.25, -0.2) is 0 Å². The molecule has 82 valence electrons. The predicted octanol–water partition coefficient (Wildman–Crippen LogP) is 2.14. The van der Waals surface area contributed by atoms with E-state index in [1.54, 1.807) is 7.11 Å². The van der Waals surface area contributed by atoms with Gasteiger partial charge in [0.15, 0.2) is 0 Å². The normalized spacial score (nSPS) is 18.0. The van der Waals surface area contributed by atoms with E-state index in [1.165, 1.54) is 0 Å². The molecule has 0 bridgehead atoms. The first-order chi connectivity index (χ1) is 7.22. The predicted molar refractivity (Wildman–Crippen MR) is 60.4 cm³/mol. The molecule has 0 unspecified atom stereocenters. The van der Waals surface area contributed by atoms with Gasteiger partial charge < -0.3 is 14.8 Å². The molecule has 1 aromatic carbocycles. The highest BCUT2D eigenvalue weighted by Gasteiger charge is 2.32. The van der Waals surface area contributed by atoms with E-state index in [0.717, 1.165) is 31.2 Å². The van der Waals surface area contributed by atoms with Crippen molar-refractivity contribution in [2.45, 2.75) is 6.92 Å². The minimum atomic E-state index is 0.305. The fourth-order valence-corrected chi connectivity index (χ4v) is 1.58. The maximum absolute atomic E-state index is 5.20. The third-order valence-corrected chi connectivity index (χ3v) is 2.71. The second kappa shape index (κ2) is 4.11. The molecule has 0 aromatic heterocycles. The maximum Gasteiger partial charge on any atom is 0.119 e. The van der Waals surface area contributed by atoms with Crippen LogP contribution < -0.4 is 10.1 Å². The second-order valence-corrected chi connectivity index (χ2v) is 4.39. The van der Waals surface area contributed by atoms with Crippen molar-refractivity contribution < 1.29 is 9.47 Å². The molecular weight excluding hydrogens is 190 g/mol. The Morgan fingerprint density at radius 2 is 2.00 bits per heavy atom. The van der Waals surface area contributed by atoms with Crippen molar-refractivity contribution in [3.8, 4) is 5.75 Å². The van der Waals surface area contributed by atoms with Crippen LogP contribution in [-0.4, -0.2) is 26.9 Å². The zero-order valence-corrected chi connectivity index (χ0v) is 9.25. The van der Waals surface area contributed by atoms with E-state index in [2.05, 4.69) is 12.2 Å². The summed E-state index contributed by atoms with van der Waals surface area (Å²) in [6.07, 6.45) is 0. The van der Waals surface area contributed by atoms with Gasteiger partial charge in [-0.2, -0.15) is 0 Å². The van der Waals surface area contributed by atoms with Crippen LogP contribution in [0.5, 0.6) is 5.75 Å². The molecule has 0 atom stereocenters. The van der Waals surface area contributed by atoms with Gasteiger partial charge in [0.2, 0.25) is 0 Å². The smallest absolute Gasteiger partial charge is 0.119 e. The van der Waals surface area contributed by atoms with Crippen LogP contribution in [0.4, 0.5) is 5.69 Å². The van der Waals surface area contributed by atoms with Crippen LogP contribution in [0.25, 0.3) is 0 Å². The van der Waals surface area contributed by atoms with Gasteiger partial charge in [0.1, 0.15) is 5.75 Å². The zero-order valence-electron chi connectivity index (χ0n) is 9.25. The molecule has 1 aliphatic heterocycles. The van der Waals surface area contributed by atoms with E-state index >= 15 is 0 Å². The number of methoxy groups -OCH3 is 1. The number of rotatable bonds is 4. The monoisotopic (exact) mass is 207 g/mol. The molecule has 3 nitrogen and oxygen atoms in total. The van der Waals surface area contributed by atoms with E-state index < -0.39 is 0 Å². The summed E-state index contributed by atoms with van der Waals surface area (Å²) in [5.74, 6) is 0.888. The van der Waals surface area contributed by atoms with Crippen LogP contribution in [0.3, 0.4) is 0 Å². The molecule has 1 aromatic rings. The van der Waals surface area contributed by atoms with Crippen molar-refractivity contribution in [3.05, 3.63) is 24.3 Å². The summed E-state index contributed by atoms with van der Waals surface area (Å²) in [4.78, 5) is 0. The van der Waals surface area contributed by atoms with Crippen molar-refractivity contribution in [1.82, 2.24) is 0 Å². The van der Waals surface area contributed by atoms with Crippen molar-refractivity contribution >= 4 is 5.69 Å². The molecule has 1 aliphatic rings. The number of benzene rings is 1. The van der Waals surface area contributed by atoms with Crippen LogP contribution in [0.2, 0.25) is 0 Å². The number of ether oxygens (including phenoxy) is 2. The Bertz CT molecular complexity index is 317. The Kier molecular flexibility index (Phi) is 2.82. The quantitative estimate of drug-likeness (QED) is 0.820. The van der Waals surface area contributed by atoms with Crippen LogP contribution in [0.1, 0.15) is 6.92 Å². The molecular formula is C12H17NO2. The van der Waals surface area contributed by atoms with E-state index in [1.807, 2.05) is 24.3 Å². The largest absolute Gasteiger partial charge is 0.497 e. The highest BCUT2D eigenvalue weighted by molar-refractivity contribution is 5.46. The summed E-state index contributed by atoms with van der Waals surface area (Å²) < 4.78 is 10.3. The lowest BCUT2D eigenvalue weighted by Crippen LogP contribution is -2.45. The molecule has 1 heterocycles. The highest BCUT2D eigenvalue weighted by atomic mass is 16.5. The van der Waals surface area contributed by atoms with Crippen molar-refractivity contribution in [3.63, 3.8) is 0 Å². The van der Waals surface area contributed by atoms with Gasteiger partial charge in [-0.3, -0.25) is 0 Å². The lowest BCUT2D eigenvalue weighted by Gasteiger charge is -2.38. The van der Waals surface area contributed by atoms with E-state index in [4.69, 9.17) is 9.47 Å². The molecule has 2 rings (SSSR count). The number of nitrogens with one attached hydrogen (secondary N) is 1. The fraction of sp³-hybridized carbons (Fsp3) is 0.500. The molecule has 0 amide bonds. The Morgan fingerprint density at radius 3 is 2.47 bits per heavy atom. The average molecular weight is 207 g/mol. The van der Waals surface area contributed by atoms with E-state index in [0.29, 0.717) is 5.41 Å². The van der Waals surface area contributed by atoms with Gasteiger partial charge in [0.25, 0.3) is 0 Å². The molecule has 15 heavy (non-hydrogen) atoms. The maximum atomic E-state index is 5.20. The highest BCUT2D eigenvalue weighted by Crippen LogP contribution is 2.27. The summed E-state index contributed by atoms with van der Waals surface area (Å²) in [5.41, 5.74) is 1.43. The van der Waals surface area contributed by atoms with Gasteiger partial charge in [0.05, 0.1) is 20.3 Å². The molecule has 0 saturated carbocycles. The van der Waals surface area contributed by atoms with Gasteiger partial charge in [0, 0.05) is 17.6 Å². The SMILES string of the molecule is COc1ccc(NCC2(C)COC2)cc1. The summed E-state index contributed by atoms with van der Waals surface area (Å²) >= 11 is 0. The van der Waals surface area contributed by atoms with E-state index in [9.17, 15) is 0 Å². The van der Waals surface area contributed by atoms with Crippen LogP contribution in [-0.2, 0) is 4.74 Å². The standard InChI is InChI=1S/C12H17NO2/c1-12(8-15-9-12)7-13-10-3-5-11(14-2)6-4-10/h3-6,13H,7-9H2,1-2H3. The first-order valence-corrected chi connectivity index (χ1v) is 5.18. The van der Waals surface area contributed by atoms with Crippen molar-refractivity contribution in [1.29, 1.82) is 0 Å². The average Bonchev–Trinajstić information content (AvgIpc) is 2.24. The van der Waals surface area contributed by atoms with Gasteiger partial charge >= 0.3 is 0 Å². The molecule has 0 radical (unpaired) electrons. The molecule has 1 saturated heterocycles. The third-order valence-electron chi connectivity index (χ3n) is 2.71. The number of anilines is 1. The Morgan fingerprint density at radius 1 is 1.33 bits per heavy atom. The minimum Gasteiger partial charge on any atom is -0.497 e. The summed E-state index contributed by atoms with van der Waals surface area (Å²) in [6.45, 7) is 4.90. The topological polar surface area (TPSA) is 30.5 Å². The Hall–Kier alpha value is -1.22. The fourth-order valence-electron chi connectivity index (χ4n) is 1.58. The van der Waals surface area contributed by atoms with Gasteiger partial charge in [-0.15, -0.1) is 0 Å². The molecule has 1 fully saturated rings. The molecule has 0 aliphatic carbocycles. The van der Waals surface area contributed by atoms with Crippen LogP contribution in [0, 0.1) is 5.41 Å². The lowest BCUT2D eigenvalue weighted by molar-refractivity contribution is -0.0924. The summed E-state index contributed by atoms with van der Waals surface area (Å²) in [6, 6.07) is 7.98. The van der Waals surface area contributed by atoms with Crippen molar-refractivity contribution in [2.75, 3.05) is 32.2 Å². The zero-order chi connectivity index (χ0) is 10.7. The van der Waals surface area contributed by atoms with E-state index in [-0.39, 0.29) is 0 Å². The second-order valence-electron chi connectivity index (χ2n) is 4.39. The first kappa shape index (κ1) is 10.3. The summed E-state index contributed by atoms with van der Waals surface area (Å²) in [7, 11) is 1.68. The van der Waals surface area contributed by atoms with Crippen LogP contribution >= 0.6 is 0 Å². The van der Waals surface area contributed by atoms with Gasteiger partial charge in [-0.1, -0.05) is 6.92 Å². The molecule has 3 heteroatoms. The Labute approximate surface area is 90.4 Å². The lowest BCUT2D eigenvalue weighted by atomic mass is 9.89. The minimum absolute atomic E-state index is 0.305. The summed E-state index contributed by atoms with van der Waals surface area (Å²) in [5, 5.41) is 3.40. The number of hydrogen-bond donors (Lipinski definition) is 1. The van der Waals surface area contributed by atoms with Crippen LogP contribution in [0.15, 0.2) is 24.3 Å².